The van der Waals surface area contributed by atoms with Gasteiger partial charge in [-0.1, -0.05) is 31.4 Å². The van der Waals surface area contributed by atoms with Gasteiger partial charge in [-0.05, 0) is 24.6 Å². The van der Waals surface area contributed by atoms with Gasteiger partial charge in [-0.3, -0.25) is 9.52 Å². The van der Waals surface area contributed by atoms with E-state index in [0.29, 0.717) is 22.8 Å². The predicted octanol–water partition coefficient (Wildman–Crippen LogP) is 2.17. The molecule has 118 valence electrons. The van der Waals surface area contributed by atoms with Crippen molar-refractivity contribution in [3.8, 4) is 0 Å². The number of benzene rings is 1. The summed E-state index contributed by atoms with van der Waals surface area (Å²) < 4.78 is 24.7. The SMILES string of the molecule is CCCCC(N)C(=O)Nc1cc(NS(C)(=O)=O)ccc1Cl. The van der Waals surface area contributed by atoms with Crippen LogP contribution in [-0.4, -0.2) is 26.6 Å². The Morgan fingerprint density at radius 2 is 2.10 bits per heavy atom. The number of halogens is 1. The van der Waals surface area contributed by atoms with Gasteiger partial charge in [-0.25, -0.2) is 8.42 Å². The minimum Gasteiger partial charge on any atom is -0.323 e. The van der Waals surface area contributed by atoms with E-state index >= 15 is 0 Å². The lowest BCUT2D eigenvalue weighted by molar-refractivity contribution is -0.117. The molecule has 1 rings (SSSR count). The number of hydrogen-bond acceptors (Lipinski definition) is 4. The van der Waals surface area contributed by atoms with Gasteiger partial charge in [-0.2, -0.15) is 0 Å². The van der Waals surface area contributed by atoms with E-state index in [1.807, 2.05) is 6.92 Å². The summed E-state index contributed by atoms with van der Waals surface area (Å²) in [6.07, 6.45) is 3.44. The third-order valence-corrected chi connectivity index (χ3v) is 3.67. The lowest BCUT2D eigenvalue weighted by Gasteiger charge is -2.14. The van der Waals surface area contributed by atoms with E-state index in [2.05, 4.69) is 10.0 Å². The van der Waals surface area contributed by atoms with Crippen molar-refractivity contribution in [3.05, 3.63) is 23.2 Å². The molecule has 0 fully saturated rings. The van der Waals surface area contributed by atoms with Gasteiger partial charge in [0, 0.05) is 0 Å². The molecule has 1 aromatic rings. The van der Waals surface area contributed by atoms with Gasteiger partial charge in [0.15, 0.2) is 0 Å². The summed E-state index contributed by atoms with van der Waals surface area (Å²) in [6, 6.07) is 3.85. The van der Waals surface area contributed by atoms with Crippen LogP contribution in [0.2, 0.25) is 5.02 Å². The first kappa shape index (κ1) is 17.7. The maximum absolute atomic E-state index is 11.9. The van der Waals surface area contributed by atoms with Gasteiger partial charge in [0.2, 0.25) is 15.9 Å². The van der Waals surface area contributed by atoms with E-state index in [0.717, 1.165) is 19.1 Å². The number of carbonyl (C=O) groups is 1. The number of rotatable bonds is 7. The third kappa shape index (κ3) is 6.33. The number of amides is 1. The van der Waals surface area contributed by atoms with E-state index < -0.39 is 16.1 Å². The minimum absolute atomic E-state index is 0.310. The molecule has 4 N–H and O–H groups in total. The summed E-state index contributed by atoms with van der Waals surface area (Å²) in [5.41, 5.74) is 6.41. The Labute approximate surface area is 130 Å². The van der Waals surface area contributed by atoms with Crippen LogP contribution in [0.4, 0.5) is 11.4 Å². The van der Waals surface area contributed by atoms with Gasteiger partial charge in [0.05, 0.1) is 28.7 Å². The largest absolute Gasteiger partial charge is 0.323 e. The van der Waals surface area contributed by atoms with Crippen molar-refractivity contribution >= 4 is 38.9 Å². The Morgan fingerprint density at radius 3 is 2.67 bits per heavy atom. The molecular formula is C13H20ClN3O3S. The summed E-state index contributed by atoms with van der Waals surface area (Å²) in [6.45, 7) is 2.02. The normalized spacial score (nSPS) is 12.8. The molecule has 0 aromatic heterocycles. The fourth-order valence-corrected chi connectivity index (χ4v) is 2.40. The second kappa shape index (κ2) is 7.63. The van der Waals surface area contributed by atoms with E-state index in [9.17, 15) is 13.2 Å². The van der Waals surface area contributed by atoms with Crippen LogP contribution in [0.25, 0.3) is 0 Å². The van der Waals surface area contributed by atoms with Gasteiger partial charge in [0.25, 0.3) is 0 Å². The van der Waals surface area contributed by atoms with Gasteiger partial charge < -0.3 is 11.1 Å². The second-order valence-electron chi connectivity index (χ2n) is 4.81. The molecular weight excluding hydrogens is 314 g/mol. The number of nitrogens with one attached hydrogen (secondary N) is 2. The molecule has 8 heteroatoms. The Hall–Kier alpha value is -1.31. The fourth-order valence-electron chi connectivity index (χ4n) is 1.68. The molecule has 6 nitrogen and oxygen atoms in total. The highest BCUT2D eigenvalue weighted by Gasteiger charge is 2.15. The first-order valence-electron chi connectivity index (χ1n) is 6.56. The summed E-state index contributed by atoms with van der Waals surface area (Å²) in [7, 11) is -3.39. The first-order chi connectivity index (χ1) is 9.73. The smallest absolute Gasteiger partial charge is 0.241 e. The van der Waals surface area contributed by atoms with E-state index in [4.69, 9.17) is 17.3 Å². The zero-order chi connectivity index (χ0) is 16.0. The molecule has 21 heavy (non-hydrogen) atoms. The fraction of sp³-hybridized carbons (Fsp3) is 0.462. The number of sulfonamides is 1. The molecule has 0 saturated carbocycles. The van der Waals surface area contributed by atoms with Crippen LogP contribution >= 0.6 is 11.6 Å². The zero-order valence-electron chi connectivity index (χ0n) is 12.0. The molecule has 0 heterocycles. The van der Waals surface area contributed by atoms with Crippen LogP contribution in [0.1, 0.15) is 26.2 Å². The van der Waals surface area contributed by atoms with Crippen molar-refractivity contribution in [1.29, 1.82) is 0 Å². The first-order valence-corrected chi connectivity index (χ1v) is 8.83. The van der Waals surface area contributed by atoms with E-state index in [-0.39, 0.29) is 5.91 Å². The van der Waals surface area contributed by atoms with Crippen LogP contribution in [0.15, 0.2) is 18.2 Å². The Balaban J connectivity index is 2.82. The number of nitrogens with two attached hydrogens (primary N) is 1. The highest BCUT2D eigenvalue weighted by Crippen LogP contribution is 2.26. The topological polar surface area (TPSA) is 101 Å². The lowest BCUT2D eigenvalue weighted by atomic mass is 10.1. The molecule has 0 aliphatic rings. The average molecular weight is 334 g/mol. The average Bonchev–Trinajstić information content (AvgIpc) is 2.38. The van der Waals surface area contributed by atoms with Crippen LogP contribution in [0.5, 0.6) is 0 Å². The molecule has 0 saturated heterocycles. The third-order valence-electron chi connectivity index (χ3n) is 2.73. The maximum atomic E-state index is 11.9. The molecule has 0 aliphatic carbocycles. The monoisotopic (exact) mass is 333 g/mol. The zero-order valence-corrected chi connectivity index (χ0v) is 13.6. The van der Waals surface area contributed by atoms with Crippen molar-refractivity contribution in [3.63, 3.8) is 0 Å². The molecule has 0 aliphatic heterocycles. The standard InChI is InChI=1S/C13H20ClN3O3S/c1-3-4-5-11(15)13(18)16-12-8-9(6-7-10(12)14)17-21(2,19)20/h6-8,11,17H,3-5,15H2,1-2H3,(H,16,18). The lowest BCUT2D eigenvalue weighted by Crippen LogP contribution is -2.35. The Kier molecular flexibility index (Phi) is 6.44. The van der Waals surface area contributed by atoms with Gasteiger partial charge in [-0.15, -0.1) is 0 Å². The van der Waals surface area contributed by atoms with Crippen molar-refractivity contribution in [2.75, 3.05) is 16.3 Å². The number of anilines is 2. The maximum Gasteiger partial charge on any atom is 0.241 e. The van der Waals surface area contributed by atoms with Crippen LogP contribution < -0.4 is 15.8 Å². The molecule has 1 aromatic carbocycles. The molecule has 1 unspecified atom stereocenters. The van der Waals surface area contributed by atoms with Crippen molar-refractivity contribution in [2.24, 2.45) is 5.73 Å². The van der Waals surface area contributed by atoms with Crippen molar-refractivity contribution in [2.45, 2.75) is 32.2 Å². The Morgan fingerprint density at radius 1 is 1.43 bits per heavy atom. The molecule has 1 atom stereocenters. The Bertz CT molecular complexity index is 605. The van der Waals surface area contributed by atoms with Crippen LogP contribution in [0, 0.1) is 0 Å². The molecule has 1 amide bonds. The minimum atomic E-state index is -3.39. The van der Waals surface area contributed by atoms with Crippen molar-refractivity contribution < 1.29 is 13.2 Å². The van der Waals surface area contributed by atoms with Gasteiger partial charge in [0.1, 0.15) is 0 Å². The predicted molar refractivity (Wildman–Crippen MR) is 86.0 cm³/mol. The summed E-state index contributed by atoms with van der Waals surface area (Å²) in [5.74, 6) is -0.346. The van der Waals surface area contributed by atoms with Crippen LogP contribution in [0.3, 0.4) is 0 Å². The quantitative estimate of drug-likeness (QED) is 0.711. The summed E-state index contributed by atoms with van der Waals surface area (Å²) in [4.78, 5) is 11.9. The second-order valence-corrected chi connectivity index (χ2v) is 6.96. The molecule has 0 radical (unpaired) electrons. The highest BCUT2D eigenvalue weighted by atomic mass is 35.5. The van der Waals surface area contributed by atoms with Crippen LogP contribution in [-0.2, 0) is 14.8 Å². The molecule has 0 bridgehead atoms. The number of hydrogen-bond donors (Lipinski definition) is 3. The number of carbonyl (C=O) groups excluding carboxylic acids is 1. The summed E-state index contributed by atoms with van der Waals surface area (Å²) >= 11 is 5.99. The molecule has 0 spiro atoms. The number of unbranched alkanes of at least 4 members (excludes halogenated alkanes) is 1. The highest BCUT2D eigenvalue weighted by molar-refractivity contribution is 7.92. The van der Waals surface area contributed by atoms with E-state index in [1.54, 1.807) is 0 Å². The summed E-state index contributed by atoms with van der Waals surface area (Å²) in [5, 5.41) is 2.92. The van der Waals surface area contributed by atoms with Crippen molar-refractivity contribution in [1.82, 2.24) is 0 Å². The van der Waals surface area contributed by atoms with E-state index in [1.165, 1.54) is 18.2 Å². The van der Waals surface area contributed by atoms with Gasteiger partial charge >= 0.3 is 0 Å².